The predicted molar refractivity (Wildman–Crippen MR) is 87.5 cm³/mol. The fraction of sp³-hybridized carbons (Fsp3) is 0.588. The van der Waals surface area contributed by atoms with Gasteiger partial charge in [0, 0.05) is 25.6 Å². The summed E-state index contributed by atoms with van der Waals surface area (Å²) in [5, 5.41) is 2.95. The van der Waals surface area contributed by atoms with Gasteiger partial charge in [-0.2, -0.15) is 0 Å². The number of amides is 2. The van der Waals surface area contributed by atoms with Gasteiger partial charge in [0.05, 0.1) is 18.9 Å². The Bertz CT molecular complexity index is 543. The largest absolute Gasteiger partial charge is 0.495 e. The Morgan fingerprint density at radius 2 is 2.09 bits per heavy atom. The monoisotopic (exact) mass is 306 g/mol. The molecule has 22 heavy (non-hydrogen) atoms. The maximum Gasteiger partial charge on any atom is 0.321 e. The Kier molecular flexibility index (Phi) is 4.96. The Labute approximate surface area is 132 Å². The molecule has 1 N–H and O–H groups in total. The van der Waals surface area contributed by atoms with Crippen molar-refractivity contribution in [3.8, 4) is 5.75 Å². The number of carbonyl (C=O) groups excluding carboxylic acids is 1. The second kappa shape index (κ2) is 6.57. The molecule has 1 aromatic carbocycles. The Morgan fingerprint density at radius 1 is 1.36 bits per heavy atom. The average Bonchev–Trinajstić information content (AvgIpc) is 2.47. The van der Waals surface area contributed by atoms with Gasteiger partial charge in [-0.15, -0.1) is 0 Å². The van der Waals surface area contributed by atoms with Crippen molar-refractivity contribution in [2.75, 3.05) is 32.6 Å². The summed E-state index contributed by atoms with van der Waals surface area (Å²) in [7, 11) is 3.34. The molecule has 1 heterocycles. The summed E-state index contributed by atoms with van der Waals surface area (Å²) in [4.78, 5) is 14.4. The van der Waals surface area contributed by atoms with Gasteiger partial charge in [0.25, 0.3) is 0 Å². The van der Waals surface area contributed by atoms with E-state index in [2.05, 4.69) is 19.2 Å². The number of ether oxygens (including phenoxy) is 2. The van der Waals surface area contributed by atoms with Crippen molar-refractivity contribution in [2.24, 2.45) is 5.41 Å². The third-order valence-corrected chi connectivity index (χ3v) is 4.30. The van der Waals surface area contributed by atoms with Gasteiger partial charge in [-0.25, -0.2) is 4.79 Å². The molecular weight excluding hydrogens is 280 g/mol. The molecule has 122 valence electrons. The van der Waals surface area contributed by atoms with Gasteiger partial charge in [-0.1, -0.05) is 19.9 Å². The lowest BCUT2D eigenvalue weighted by molar-refractivity contribution is -0.0394. The molecule has 1 saturated heterocycles. The fourth-order valence-corrected chi connectivity index (χ4v) is 3.04. The van der Waals surface area contributed by atoms with Crippen molar-refractivity contribution in [1.82, 2.24) is 4.90 Å². The van der Waals surface area contributed by atoms with E-state index in [9.17, 15) is 4.79 Å². The van der Waals surface area contributed by atoms with Crippen molar-refractivity contribution in [3.63, 3.8) is 0 Å². The molecule has 0 bridgehead atoms. The second-order valence-corrected chi connectivity index (χ2v) is 6.56. The van der Waals surface area contributed by atoms with E-state index in [4.69, 9.17) is 9.47 Å². The average molecular weight is 306 g/mol. The quantitative estimate of drug-likeness (QED) is 0.932. The van der Waals surface area contributed by atoms with Crippen LogP contribution in [0.5, 0.6) is 5.75 Å². The number of carbonyl (C=O) groups is 1. The number of rotatable bonds is 3. The van der Waals surface area contributed by atoms with Crippen LogP contribution in [0.1, 0.15) is 25.8 Å². The van der Waals surface area contributed by atoms with Crippen molar-refractivity contribution < 1.29 is 14.3 Å². The summed E-state index contributed by atoms with van der Waals surface area (Å²) >= 11 is 0. The molecular formula is C17H26N2O3. The molecule has 2 rings (SSSR count). The number of hydrogen-bond donors (Lipinski definition) is 1. The minimum absolute atomic E-state index is 0.0539. The number of nitrogens with one attached hydrogen (secondary N) is 1. The van der Waals surface area contributed by atoms with Crippen molar-refractivity contribution in [2.45, 2.75) is 33.3 Å². The van der Waals surface area contributed by atoms with E-state index < -0.39 is 0 Å². The molecule has 5 nitrogen and oxygen atoms in total. The zero-order valence-electron chi connectivity index (χ0n) is 14.1. The Morgan fingerprint density at radius 3 is 2.68 bits per heavy atom. The van der Waals surface area contributed by atoms with Crippen LogP contribution in [0, 0.1) is 12.3 Å². The fourth-order valence-electron chi connectivity index (χ4n) is 3.04. The molecule has 1 aromatic rings. The number of piperidine rings is 1. The maximum atomic E-state index is 12.5. The van der Waals surface area contributed by atoms with Crippen molar-refractivity contribution in [1.29, 1.82) is 0 Å². The molecule has 0 aromatic heterocycles. The Balaban J connectivity index is 2.07. The molecule has 1 fully saturated rings. The molecule has 0 aliphatic carbocycles. The lowest BCUT2D eigenvalue weighted by atomic mass is 9.81. The molecule has 0 unspecified atom stereocenters. The van der Waals surface area contributed by atoms with E-state index in [1.165, 1.54) is 0 Å². The number of anilines is 1. The highest BCUT2D eigenvalue weighted by molar-refractivity contribution is 5.91. The number of methoxy groups -OCH3 is 2. The lowest BCUT2D eigenvalue weighted by Crippen LogP contribution is -2.52. The van der Waals surface area contributed by atoms with Crippen LogP contribution >= 0.6 is 0 Å². The van der Waals surface area contributed by atoms with Crippen molar-refractivity contribution in [3.05, 3.63) is 23.8 Å². The number of nitrogens with zero attached hydrogens (tertiary/aromatic N) is 1. The standard InChI is InChI=1S/C17H26N2O3/c1-12-6-7-13(14(10-12)21-4)18-16(20)19-9-8-15(22-5)17(2,3)11-19/h6-7,10,15H,8-9,11H2,1-5H3,(H,18,20)/t15-/m0/s1. The van der Waals surface area contributed by atoms with E-state index >= 15 is 0 Å². The SMILES string of the molecule is COc1cc(C)ccc1NC(=O)N1CC[C@H](OC)C(C)(C)C1. The van der Waals surface area contributed by atoms with Crippen LogP contribution in [0.15, 0.2) is 18.2 Å². The predicted octanol–water partition coefficient (Wildman–Crippen LogP) is 3.28. The number of benzene rings is 1. The van der Waals surface area contributed by atoms with Crippen LogP contribution in [-0.4, -0.2) is 44.3 Å². The topological polar surface area (TPSA) is 50.8 Å². The van der Waals surface area contributed by atoms with Gasteiger partial charge >= 0.3 is 6.03 Å². The number of urea groups is 1. The summed E-state index contributed by atoms with van der Waals surface area (Å²) in [6, 6.07) is 5.65. The van der Waals surface area contributed by atoms with Crippen LogP contribution in [0.3, 0.4) is 0 Å². The minimum Gasteiger partial charge on any atom is -0.495 e. The smallest absolute Gasteiger partial charge is 0.321 e. The Hall–Kier alpha value is -1.75. The lowest BCUT2D eigenvalue weighted by Gasteiger charge is -2.43. The summed E-state index contributed by atoms with van der Waals surface area (Å²) < 4.78 is 10.9. The molecule has 0 radical (unpaired) electrons. The van der Waals surface area contributed by atoms with E-state index in [-0.39, 0.29) is 17.6 Å². The number of hydrogen-bond acceptors (Lipinski definition) is 3. The third-order valence-electron chi connectivity index (χ3n) is 4.30. The van der Waals surface area contributed by atoms with Gasteiger partial charge < -0.3 is 19.7 Å². The summed E-state index contributed by atoms with van der Waals surface area (Å²) in [5.74, 6) is 0.680. The summed E-state index contributed by atoms with van der Waals surface area (Å²) in [6.45, 7) is 7.62. The molecule has 1 aliphatic heterocycles. The van der Waals surface area contributed by atoms with E-state index in [1.807, 2.05) is 30.0 Å². The number of aryl methyl sites for hydroxylation is 1. The second-order valence-electron chi connectivity index (χ2n) is 6.56. The highest BCUT2D eigenvalue weighted by Crippen LogP contribution is 2.32. The molecule has 0 saturated carbocycles. The zero-order valence-corrected chi connectivity index (χ0v) is 14.1. The van der Waals surface area contributed by atoms with Crippen molar-refractivity contribution >= 4 is 11.7 Å². The summed E-state index contributed by atoms with van der Waals surface area (Å²) in [6.07, 6.45) is 1.03. The van der Waals surface area contributed by atoms with E-state index in [1.54, 1.807) is 14.2 Å². The van der Waals surface area contributed by atoms with Gasteiger partial charge in [0.2, 0.25) is 0 Å². The first kappa shape index (κ1) is 16.6. The van der Waals surface area contributed by atoms with Crippen LogP contribution in [-0.2, 0) is 4.74 Å². The zero-order chi connectivity index (χ0) is 16.3. The molecule has 1 aliphatic rings. The number of likely N-dealkylation sites (tertiary alicyclic amines) is 1. The minimum atomic E-state index is -0.0928. The highest BCUT2D eigenvalue weighted by atomic mass is 16.5. The molecule has 1 atom stereocenters. The first-order valence-corrected chi connectivity index (χ1v) is 7.61. The van der Waals surface area contributed by atoms with Gasteiger partial charge in [-0.3, -0.25) is 0 Å². The molecule has 2 amide bonds. The molecule has 5 heteroatoms. The van der Waals surface area contributed by atoms with E-state index in [0.717, 1.165) is 12.0 Å². The summed E-state index contributed by atoms with van der Waals surface area (Å²) in [5.41, 5.74) is 1.74. The van der Waals surface area contributed by atoms with Crippen LogP contribution < -0.4 is 10.1 Å². The molecule has 0 spiro atoms. The normalized spacial score (nSPS) is 20.6. The highest BCUT2D eigenvalue weighted by Gasteiger charge is 2.37. The van der Waals surface area contributed by atoms with Crippen LogP contribution in [0.4, 0.5) is 10.5 Å². The van der Waals surface area contributed by atoms with Gasteiger partial charge in [0.15, 0.2) is 0 Å². The van der Waals surface area contributed by atoms with Crippen LogP contribution in [0.2, 0.25) is 0 Å². The first-order chi connectivity index (χ1) is 10.4. The van der Waals surface area contributed by atoms with Gasteiger partial charge in [0.1, 0.15) is 5.75 Å². The van der Waals surface area contributed by atoms with Gasteiger partial charge in [-0.05, 0) is 31.0 Å². The first-order valence-electron chi connectivity index (χ1n) is 7.61. The van der Waals surface area contributed by atoms with E-state index in [0.29, 0.717) is 24.5 Å². The maximum absolute atomic E-state index is 12.5. The third kappa shape index (κ3) is 3.53. The van der Waals surface area contributed by atoms with Crippen LogP contribution in [0.25, 0.3) is 0 Å².